The van der Waals surface area contributed by atoms with Crippen molar-refractivity contribution in [3.05, 3.63) is 70.8 Å². The van der Waals surface area contributed by atoms with E-state index in [1.165, 1.54) is 0 Å². The van der Waals surface area contributed by atoms with Crippen LogP contribution in [-0.4, -0.2) is 33.9 Å². The molecule has 6 heteroatoms. The number of aromatic nitrogens is 2. The first kappa shape index (κ1) is 16.9. The summed E-state index contributed by atoms with van der Waals surface area (Å²) < 4.78 is 0. The minimum absolute atomic E-state index is 0.101. The molecule has 3 aromatic rings. The number of nitrogens with one attached hydrogen (secondary N) is 2. The Bertz CT molecular complexity index is 921. The standard InChI is InChI=1S/C19H20N4O2/c1-2-23(13-18(24)20-14-8-4-3-5-9-14)12-17-21-16-11-7-6-10-15(16)19(25)22-17/h3-11H,2,12-13H2,1H3,(H,20,24)(H,21,22,25). The maximum absolute atomic E-state index is 12.2. The van der Waals surface area contributed by atoms with E-state index < -0.39 is 0 Å². The number of hydrogen-bond acceptors (Lipinski definition) is 4. The van der Waals surface area contributed by atoms with Crippen LogP contribution >= 0.6 is 0 Å². The Hall–Kier alpha value is -2.99. The lowest BCUT2D eigenvalue weighted by Gasteiger charge is -2.19. The smallest absolute Gasteiger partial charge is 0.258 e. The number of carbonyl (C=O) groups excluding carboxylic acids is 1. The zero-order valence-electron chi connectivity index (χ0n) is 14.0. The number of benzene rings is 2. The van der Waals surface area contributed by atoms with Gasteiger partial charge in [0, 0.05) is 5.69 Å². The van der Waals surface area contributed by atoms with Crippen molar-refractivity contribution < 1.29 is 4.79 Å². The molecule has 0 radical (unpaired) electrons. The molecule has 25 heavy (non-hydrogen) atoms. The van der Waals surface area contributed by atoms with Crippen molar-refractivity contribution in [2.75, 3.05) is 18.4 Å². The molecular formula is C19H20N4O2. The fourth-order valence-corrected chi connectivity index (χ4v) is 2.63. The summed E-state index contributed by atoms with van der Waals surface area (Å²) in [5.41, 5.74) is 1.26. The summed E-state index contributed by atoms with van der Waals surface area (Å²) in [5.74, 6) is 0.453. The molecule has 3 rings (SSSR count). The molecule has 0 aliphatic carbocycles. The van der Waals surface area contributed by atoms with E-state index in [-0.39, 0.29) is 18.0 Å². The van der Waals surface area contributed by atoms with Crippen LogP contribution in [0.1, 0.15) is 12.7 Å². The van der Waals surface area contributed by atoms with Gasteiger partial charge < -0.3 is 10.3 Å². The van der Waals surface area contributed by atoms with Gasteiger partial charge in [0.1, 0.15) is 5.82 Å². The Balaban J connectivity index is 1.70. The second-order valence-corrected chi connectivity index (χ2v) is 5.75. The van der Waals surface area contributed by atoms with Gasteiger partial charge in [-0.15, -0.1) is 0 Å². The number of rotatable bonds is 6. The van der Waals surface area contributed by atoms with Gasteiger partial charge in [-0.05, 0) is 30.8 Å². The molecule has 128 valence electrons. The van der Waals surface area contributed by atoms with Crippen molar-refractivity contribution in [2.45, 2.75) is 13.5 Å². The number of nitrogens with zero attached hydrogens (tertiary/aromatic N) is 2. The van der Waals surface area contributed by atoms with Gasteiger partial charge in [-0.2, -0.15) is 0 Å². The van der Waals surface area contributed by atoms with Crippen molar-refractivity contribution >= 4 is 22.5 Å². The van der Waals surface area contributed by atoms with E-state index in [1.54, 1.807) is 6.07 Å². The van der Waals surface area contributed by atoms with Crippen LogP contribution in [0.25, 0.3) is 10.9 Å². The van der Waals surface area contributed by atoms with E-state index in [2.05, 4.69) is 15.3 Å². The molecule has 0 saturated heterocycles. The van der Waals surface area contributed by atoms with Gasteiger partial charge in [-0.25, -0.2) is 4.98 Å². The van der Waals surface area contributed by atoms with Crippen LogP contribution in [0.2, 0.25) is 0 Å². The second-order valence-electron chi connectivity index (χ2n) is 5.75. The number of para-hydroxylation sites is 2. The fraction of sp³-hybridized carbons (Fsp3) is 0.211. The maximum Gasteiger partial charge on any atom is 0.258 e. The number of anilines is 1. The highest BCUT2D eigenvalue weighted by atomic mass is 16.2. The third-order valence-corrected chi connectivity index (χ3v) is 3.91. The third-order valence-electron chi connectivity index (χ3n) is 3.91. The van der Waals surface area contributed by atoms with Crippen LogP contribution in [-0.2, 0) is 11.3 Å². The van der Waals surface area contributed by atoms with Gasteiger partial charge in [0.25, 0.3) is 5.56 Å². The lowest BCUT2D eigenvalue weighted by atomic mass is 10.2. The molecule has 2 aromatic carbocycles. The minimum Gasteiger partial charge on any atom is -0.325 e. The monoisotopic (exact) mass is 336 g/mol. The molecule has 0 bridgehead atoms. The number of H-pyrrole nitrogens is 1. The number of hydrogen-bond donors (Lipinski definition) is 2. The lowest BCUT2D eigenvalue weighted by Crippen LogP contribution is -2.33. The largest absolute Gasteiger partial charge is 0.325 e. The minimum atomic E-state index is -0.162. The number of aromatic amines is 1. The van der Waals surface area contributed by atoms with Crippen LogP contribution in [0, 0.1) is 0 Å². The molecule has 1 aromatic heterocycles. The van der Waals surface area contributed by atoms with Crippen molar-refractivity contribution in [3.63, 3.8) is 0 Å². The van der Waals surface area contributed by atoms with E-state index in [1.807, 2.05) is 60.4 Å². The van der Waals surface area contributed by atoms with Gasteiger partial charge in [0.15, 0.2) is 0 Å². The van der Waals surface area contributed by atoms with E-state index >= 15 is 0 Å². The Labute approximate surface area is 145 Å². The highest BCUT2D eigenvalue weighted by Crippen LogP contribution is 2.08. The average molecular weight is 336 g/mol. The maximum atomic E-state index is 12.2. The van der Waals surface area contributed by atoms with Crippen LogP contribution in [0.15, 0.2) is 59.4 Å². The van der Waals surface area contributed by atoms with Crippen molar-refractivity contribution in [2.24, 2.45) is 0 Å². The first-order valence-corrected chi connectivity index (χ1v) is 8.21. The summed E-state index contributed by atoms with van der Waals surface area (Å²) >= 11 is 0. The fourth-order valence-electron chi connectivity index (χ4n) is 2.63. The van der Waals surface area contributed by atoms with Crippen LogP contribution in [0.5, 0.6) is 0 Å². The van der Waals surface area contributed by atoms with Crippen molar-refractivity contribution in [3.8, 4) is 0 Å². The Morgan fingerprint density at radius 3 is 2.60 bits per heavy atom. The quantitative estimate of drug-likeness (QED) is 0.724. The zero-order valence-corrected chi connectivity index (χ0v) is 14.0. The van der Waals surface area contributed by atoms with Crippen LogP contribution in [0.3, 0.4) is 0 Å². The van der Waals surface area contributed by atoms with Gasteiger partial charge in [-0.1, -0.05) is 37.3 Å². The predicted octanol–water partition coefficient (Wildman–Crippen LogP) is 2.38. The Kier molecular flexibility index (Phi) is 5.20. The molecule has 0 saturated carbocycles. The van der Waals surface area contributed by atoms with Gasteiger partial charge >= 0.3 is 0 Å². The van der Waals surface area contributed by atoms with Gasteiger partial charge in [0.05, 0.1) is 24.0 Å². The first-order valence-electron chi connectivity index (χ1n) is 8.21. The highest BCUT2D eigenvalue weighted by Gasteiger charge is 2.12. The zero-order chi connectivity index (χ0) is 17.6. The highest BCUT2D eigenvalue weighted by molar-refractivity contribution is 5.92. The van der Waals surface area contributed by atoms with Crippen LogP contribution in [0.4, 0.5) is 5.69 Å². The topological polar surface area (TPSA) is 78.1 Å². The summed E-state index contributed by atoms with van der Waals surface area (Å²) in [6.45, 7) is 3.26. The molecule has 1 amide bonds. The van der Waals surface area contributed by atoms with Crippen LogP contribution < -0.4 is 10.9 Å². The molecule has 2 N–H and O–H groups in total. The number of fused-ring (bicyclic) bond motifs is 1. The normalized spacial score (nSPS) is 11.0. The summed E-state index contributed by atoms with van der Waals surface area (Å²) in [7, 11) is 0. The summed E-state index contributed by atoms with van der Waals surface area (Å²) in [5, 5.41) is 3.43. The number of carbonyl (C=O) groups is 1. The first-order chi connectivity index (χ1) is 12.2. The van der Waals surface area contributed by atoms with Gasteiger partial charge in [0.2, 0.25) is 5.91 Å². The SMILES string of the molecule is CCN(CC(=O)Nc1ccccc1)Cc1nc2ccccc2c(=O)[nH]1. The summed E-state index contributed by atoms with van der Waals surface area (Å²) in [6.07, 6.45) is 0. The molecule has 0 unspecified atom stereocenters. The second kappa shape index (κ2) is 7.72. The average Bonchev–Trinajstić information content (AvgIpc) is 2.62. The molecule has 0 aliphatic rings. The van der Waals surface area contributed by atoms with E-state index in [9.17, 15) is 9.59 Å². The van der Waals surface area contributed by atoms with Crippen molar-refractivity contribution in [1.29, 1.82) is 0 Å². The Morgan fingerprint density at radius 2 is 1.84 bits per heavy atom. The molecule has 0 aliphatic heterocycles. The number of likely N-dealkylation sites (N-methyl/N-ethyl adjacent to an activating group) is 1. The Morgan fingerprint density at radius 1 is 1.12 bits per heavy atom. The van der Waals surface area contributed by atoms with Crippen molar-refractivity contribution in [1.82, 2.24) is 14.9 Å². The summed E-state index contributed by atoms with van der Waals surface area (Å²) in [6, 6.07) is 16.5. The lowest BCUT2D eigenvalue weighted by molar-refractivity contribution is -0.117. The van der Waals surface area contributed by atoms with E-state index in [4.69, 9.17) is 0 Å². The predicted molar refractivity (Wildman–Crippen MR) is 98.4 cm³/mol. The third kappa shape index (κ3) is 4.30. The van der Waals surface area contributed by atoms with E-state index in [0.717, 1.165) is 5.69 Å². The molecule has 1 heterocycles. The molecule has 0 atom stereocenters. The van der Waals surface area contributed by atoms with Gasteiger partial charge in [-0.3, -0.25) is 14.5 Å². The van der Waals surface area contributed by atoms with E-state index in [0.29, 0.717) is 29.8 Å². The summed E-state index contributed by atoms with van der Waals surface area (Å²) in [4.78, 5) is 33.6. The molecule has 0 spiro atoms. The molecule has 0 fully saturated rings. The molecular weight excluding hydrogens is 316 g/mol. The number of amides is 1. The molecule has 6 nitrogen and oxygen atoms in total.